The maximum absolute atomic E-state index is 13.3. The van der Waals surface area contributed by atoms with Crippen molar-refractivity contribution in [3.8, 4) is 0 Å². The van der Waals surface area contributed by atoms with Crippen molar-refractivity contribution in [3.05, 3.63) is 29.8 Å². The van der Waals surface area contributed by atoms with Crippen LogP contribution in [-0.2, 0) is 9.53 Å². The number of nitrogens with zero attached hydrogens (tertiary/aromatic N) is 2. The molecule has 2 fully saturated rings. The van der Waals surface area contributed by atoms with Gasteiger partial charge in [-0.3, -0.25) is 9.59 Å². The molecular weight excluding hydrogens is 354 g/mol. The van der Waals surface area contributed by atoms with Crippen molar-refractivity contribution in [2.24, 2.45) is 0 Å². The van der Waals surface area contributed by atoms with E-state index in [4.69, 9.17) is 4.74 Å². The van der Waals surface area contributed by atoms with E-state index in [1.807, 2.05) is 11.8 Å². The molecule has 1 N–H and O–H groups in total. The third-order valence-corrected chi connectivity index (χ3v) is 6.22. The van der Waals surface area contributed by atoms with Crippen LogP contribution in [0.15, 0.2) is 24.3 Å². The minimum absolute atomic E-state index is 0.00784. The lowest BCUT2D eigenvalue weighted by atomic mass is 9.76. The Morgan fingerprint density at radius 2 is 1.89 bits per heavy atom. The first kappa shape index (κ1) is 20.8. The number of anilines is 1. The third kappa shape index (κ3) is 4.39. The van der Waals surface area contributed by atoms with E-state index in [-0.39, 0.29) is 29.5 Å². The zero-order chi connectivity index (χ0) is 20.3. The normalized spacial score (nSPS) is 27.2. The molecule has 154 valence electrons. The lowest BCUT2D eigenvalue weighted by Crippen LogP contribution is -2.58. The number of carbonyl (C=O) groups excluding carboxylic acids is 2. The predicted molar refractivity (Wildman–Crippen MR) is 110 cm³/mol. The molecule has 0 bridgehead atoms. The standard InChI is InChI=1S/C22H33N3O3/c1-5-25(21(27)17-7-9-18(10-8-17)23-16(2)26)19-11-13-22(12-6-14-28-22)15-20(19)24(3)4/h7-10,19-20H,5-6,11-15H2,1-4H3,(H,23,26). The summed E-state index contributed by atoms with van der Waals surface area (Å²) >= 11 is 0. The number of hydrogen-bond donors (Lipinski definition) is 1. The Labute approximate surface area is 168 Å². The first-order chi connectivity index (χ1) is 13.3. The molecule has 3 rings (SSSR count). The summed E-state index contributed by atoms with van der Waals surface area (Å²) in [5, 5.41) is 2.74. The fourth-order valence-corrected chi connectivity index (χ4v) is 4.82. The summed E-state index contributed by atoms with van der Waals surface area (Å²) in [6.45, 7) is 5.06. The summed E-state index contributed by atoms with van der Waals surface area (Å²) in [6.07, 6.45) is 5.24. The van der Waals surface area contributed by atoms with Gasteiger partial charge in [-0.25, -0.2) is 0 Å². The SMILES string of the molecule is CCN(C(=O)c1ccc(NC(C)=O)cc1)C1CCC2(CCCO2)CC1N(C)C. The number of carbonyl (C=O) groups is 2. The molecule has 1 aromatic rings. The summed E-state index contributed by atoms with van der Waals surface area (Å²) in [4.78, 5) is 28.7. The van der Waals surface area contributed by atoms with Crippen LogP contribution in [0.3, 0.4) is 0 Å². The van der Waals surface area contributed by atoms with E-state index in [0.717, 1.165) is 38.7 Å². The summed E-state index contributed by atoms with van der Waals surface area (Å²) < 4.78 is 6.15. The molecule has 1 aliphatic heterocycles. The molecule has 1 spiro atoms. The number of benzene rings is 1. The Bertz CT molecular complexity index is 695. The van der Waals surface area contributed by atoms with Gasteiger partial charge in [0, 0.05) is 43.4 Å². The fourth-order valence-electron chi connectivity index (χ4n) is 4.82. The molecule has 3 atom stereocenters. The van der Waals surface area contributed by atoms with Gasteiger partial charge in [-0.05, 0) is 77.4 Å². The van der Waals surface area contributed by atoms with Crippen molar-refractivity contribution in [3.63, 3.8) is 0 Å². The molecule has 2 amide bonds. The van der Waals surface area contributed by atoms with E-state index in [2.05, 4.69) is 24.3 Å². The van der Waals surface area contributed by atoms with Crippen LogP contribution >= 0.6 is 0 Å². The average Bonchev–Trinajstić information content (AvgIpc) is 3.11. The number of hydrogen-bond acceptors (Lipinski definition) is 4. The molecule has 3 unspecified atom stereocenters. The highest BCUT2D eigenvalue weighted by atomic mass is 16.5. The fraction of sp³-hybridized carbons (Fsp3) is 0.636. The highest BCUT2D eigenvalue weighted by molar-refractivity contribution is 5.95. The van der Waals surface area contributed by atoms with E-state index >= 15 is 0 Å². The second kappa shape index (κ2) is 8.62. The Hall–Kier alpha value is -1.92. The largest absolute Gasteiger partial charge is 0.375 e. The zero-order valence-corrected chi connectivity index (χ0v) is 17.5. The quantitative estimate of drug-likeness (QED) is 0.843. The van der Waals surface area contributed by atoms with Crippen molar-refractivity contribution < 1.29 is 14.3 Å². The third-order valence-electron chi connectivity index (χ3n) is 6.22. The Morgan fingerprint density at radius 3 is 2.43 bits per heavy atom. The van der Waals surface area contributed by atoms with Crippen LogP contribution < -0.4 is 5.32 Å². The van der Waals surface area contributed by atoms with Crippen LogP contribution in [0.1, 0.15) is 56.3 Å². The molecular formula is C22H33N3O3. The average molecular weight is 388 g/mol. The van der Waals surface area contributed by atoms with Gasteiger partial charge in [-0.1, -0.05) is 0 Å². The van der Waals surface area contributed by atoms with Gasteiger partial charge in [0.1, 0.15) is 0 Å². The van der Waals surface area contributed by atoms with Gasteiger partial charge in [0.05, 0.1) is 5.60 Å². The molecule has 1 aliphatic carbocycles. The van der Waals surface area contributed by atoms with Crippen molar-refractivity contribution >= 4 is 17.5 Å². The lowest BCUT2D eigenvalue weighted by Gasteiger charge is -2.48. The highest BCUT2D eigenvalue weighted by Gasteiger charge is 2.46. The van der Waals surface area contributed by atoms with E-state index < -0.39 is 0 Å². The molecule has 2 aliphatic rings. The summed E-state index contributed by atoms with van der Waals surface area (Å²) in [6, 6.07) is 7.63. The maximum atomic E-state index is 13.3. The van der Waals surface area contributed by atoms with Gasteiger partial charge < -0.3 is 19.9 Å². The molecule has 0 aromatic heterocycles. The highest BCUT2D eigenvalue weighted by Crippen LogP contribution is 2.42. The van der Waals surface area contributed by atoms with Gasteiger partial charge in [-0.2, -0.15) is 0 Å². The minimum Gasteiger partial charge on any atom is -0.375 e. The van der Waals surface area contributed by atoms with Crippen molar-refractivity contribution in [2.45, 2.75) is 63.6 Å². The van der Waals surface area contributed by atoms with Crippen LogP contribution in [0.25, 0.3) is 0 Å². The van der Waals surface area contributed by atoms with Gasteiger partial charge in [0.25, 0.3) is 5.91 Å². The summed E-state index contributed by atoms with van der Waals surface area (Å²) in [5.74, 6) is -0.0645. The van der Waals surface area contributed by atoms with Gasteiger partial charge >= 0.3 is 0 Å². The molecule has 1 saturated heterocycles. The first-order valence-electron chi connectivity index (χ1n) is 10.3. The zero-order valence-electron chi connectivity index (χ0n) is 17.5. The number of rotatable bonds is 5. The predicted octanol–water partition coefficient (Wildman–Crippen LogP) is 3.14. The van der Waals surface area contributed by atoms with E-state index in [9.17, 15) is 9.59 Å². The number of likely N-dealkylation sites (N-methyl/N-ethyl adjacent to an activating group) is 2. The number of amides is 2. The Morgan fingerprint density at radius 1 is 1.18 bits per heavy atom. The monoisotopic (exact) mass is 387 g/mol. The van der Waals surface area contributed by atoms with Crippen LogP contribution in [0.5, 0.6) is 0 Å². The maximum Gasteiger partial charge on any atom is 0.254 e. The van der Waals surface area contributed by atoms with Gasteiger partial charge in [0.2, 0.25) is 5.91 Å². The van der Waals surface area contributed by atoms with Crippen LogP contribution in [-0.4, -0.2) is 66.5 Å². The van der Waals surface area contributed by atoms with Crippen LogP contribution in [0.4, 0.5) is 5.69 Å². The second-order valence-corrected chi connectivity index (χ2v) is 8.33. The minimum atomic E-state index is -0.117. The summed E-state index contributed by atoms with van der Waals surface area (Å²) in [5.41, 5.74) is 1.37. The van der Waals surface area contributed by atoms with Gasteiger partial charge in [0.15, 0.2) is 0 Å². The molecule has 6 nitrogen and oxygen atoms in total. The van der Waals surface area contributed by atoms with Crippen LogP contribution in [0, 0.1) is 0 Å². The van der Waals surface area contributed by atoms with E-state index in [1.54, 1.807) is 24.3 Å². The first-order valence-corrected chi connectivity index (χ1v) is 10.3. The smallest absolute Gasteiger partial charge is 0.254 e. The molecule has 1 saturated carbocycles. The topological polar surface area (TPSA) is 61.9 Å². The lowest BCUT2D eigenvalue weighted by molar-refractivity contribution is -0.114. The van der Waals surface area contributed by atoms with E-state index in [0.29, 0.717) is 17.8 Å². The van der Waals surface area contributed by atoms with Gasteiger partial charge in [-0.15, -0.1) is 0 Å². The Balaban J connectivity index is 1.77. The summed E-state index contributed by atoms with van der Waals surface area (Å²) in [7, 11) is 4.21. The number of ether oxygens (including phenoxy) is 1. The molecule has 1 heterocycles. The van der Waals surface area contributed by atoms with Crippen molar-refractivity contribution in [1.82, 2.24) is 9.80 Å². The number of nitrogens with one attached hydrogen (secondary N) is 1. The molecule has 6 heteroatoms. The second-order valence-electron chi connectivity index (χ2n) is 8.33. The van der Waals surface area contributed by atoms with Crippen molar-refractivity contribution in [1.29, 1.82) is 0 Å². The van der Waals surface area contributed by atoms with E-state index in [1.165, 1.54) is 6.92 Å². The molecule has 28 heavy (non-hydrogen) atoms. The van der Waals surface area contributed by atoms with Crippen molar-refractivity contribution in [2.75, 3.05) is 32.6 Å². The molecule has 0 radical (unpaired) electrons. The van der Waals surface area contributed by atoms with Crippen LogP contribution in [0.2, 0.25) is 0 Å². The Kier molecular flexibility index (Phi) is 6.40. The molecule has 1 aromatic carbocycles.